The lowest BCUT2D eigenvalue weighted by Crippen LogP contribution is -2.25. The van der Waals surface area contributed by atoms with Gasteiger partial charge in [0.05, 0.1) is 6.42 Å². The van der Waals surface area contributed by atoms with Gasteiger partial charge in [-0.3, -0.25) is 4.79 Å². The van der Waals surface area contributed by atoms with E-state index in [2.05, 4.69) is 5.32 Å². The quantitative estimate of drug-likeness (QED) is 0.851. The lowest BCUT2D eigenvalue weighted by atomic mass is 10.1. The second-order valence-electron chi connectivity index (χ2n) is 4.35. The average Bonchev–Trinajstić information content (AvgIpc) is 2.42. The molecule has 0 aromatic heterocycles. The van der Waals surface area contributed by atoms with Crippen molar-refractivity contribution < 1.29 is 9.18 Å². The number of hydrogen-bond donors (Lipinski definition) is 2. The molecule has 0 atom stereocenters. The summed E-state index contributed by atoms with van der Waals surface area (Å²) >= 11 is 5.88. The van der Waals surface area contributed by atoms with Crippen molar-refractivity contribution in [2.75, 3.05) is 5.73 Å². The first-order chi connectivity index (χ1) is 9.58. The first-order valence-corrected chi connectivity index (χ1v) is 6.48. The van der Waals surface area contributed by atoms with E-state index in [0.717, 1.165) is 5.56 Å². The molecule has 3 nitrogen and oxygen atoms in total. The Morgan fingerprint density at radius 2 is 1.95 bits per heavy atom. The van der Waals surface area contributed by atoms with Gasteiger partial charge in [-0.2, -0.15) is 0 Å². The van der Waals surface area contributed by atoms with Gasteiger partial charge in [-0.15, -0.1) is 0 Å². The summed E-state index contributed by atoms with van der Waals surface area (Å²) in [5.41, 5.74) is 7.40. The number of rotatable bonds is 4. The molecular weight excluding hydrogens is 279 g/mol. The number of hydrogen-bond acceptors (Lipinski definition) is 2. The fourth-order valence-corrected chi connectivity index (χ4v) is 2.04. The highest BCUT2D eigenvalue weighted by Gasteiger charge is 2.11. The molecule has 0 saturated heterocycles. The molecule has 0 unspecified atom stereocenters. The maximum absolute atomic E-state index is 13.6. The monoisotopic (exact) mass is 292 g/mol. The molecule has 5 heteroatoms. The van der Waals surface area contributed by atoms with E-state index in [1.807, 2.05) is 18.2 Å². The van der Waals surface area contributed by atoms with Gasteiger partial charge in [0.15, 0.2) is 0 Å². The molecule has 2 rings (SSSR count). The number of carbonyl (C=O) groups is 1. The number of anilines is 1. The molecule has 0 radical (unpaired) electrons. The van der Waals surface area contributed by atoms with Crippen molar-refractivity contribution in [2.45, 2.75) is 13.0 Å². The molecule has 0 aliphatic heterocycles. The summed E-state index contributed by atoms with van der Waals surface area (Å²) < 4.78 is 13.6. The Morgan fingerprint density at radius 1 is 1.20 bits per heavy atom. The van der Waals surface area contributed by atoms with Gasteiger partial charge < -0.3 is 11.1 Å². The highest BCUT2D eigenvalue weighted by Crippen LogP contribution is 2.19. The lowest BCUT2D eigenvalue weighted by Gasteiger charge is -2.09. The van der Waals surface area contributed by atoms with E-state index in [1.54, 1.807) is 12.1 Å². The zero-order valence-corrected chi connectivity index (χ0v) is 11.5. The molecule has 0 fully saturated rings. The van der Waals surface area contributed by atoms with Crippen LogP contribution < -0.4 is 11.1 Å². The molecule has 1 amide bonds. The molecule has 0 aliphatic carbocycles. The minimum absolute atomic E-state index is 0.0990. The molecule has 2 aromatic carbocycles. The Balaban J connectivity index is 1.98. The second kappa shape index (κ2) is 6.39. The van der Waals surface area contributed by atoms with Crippen LogP contribution in [0.25, 0.3) is 0 Å². The third-order valence-electron chi connectivity index (χ3n) is 2.93. The van der Waals surface area contributed by atoms with Crippen molar-refractivity contribution in [3.8, 4) is 0 Å². The predicted molar refractivity (Wildman–Crippen MR) is 77.8 cm³/mol. The number of para-hydroxylation sites is 1. The number of nitrogens with two attached hydrogens (primary N) is 1. The normalized spacial score (nSPS) is 10.3. The highest BCUT2D eigenvalue weighted by molar-refractivity contribution is 6.31. The molecule has 20 heavy (non-hydrogen) atoms. The maximum Gasteiger partial charge on any atom is 0.224 e. The Kier molecular flexibility index (Phi) is 4.58. The molecule has 0 heterocycles. The van der Waals surface area contributed by atoms with Crippen molar-refractivity contribution in [3.63, 3.8) is 0 Å². The van der Waals surface area contributed by atoms with Crippen molar-refractivity contribution in [2.24, 2.45) is 0 Å². The summed E-state index contributed by atoms with van der Waals surface area (Å²) in [6, 6.07) is 11.6. The van der Waals surface area contributed by atoms with Crippen molar-refractivity contribution in [1.82, 2.24) is 5.32 Å². The zero-order valence-electron chi connectivity index (χ0n) is 10.7. The SMILES string of the molecule is Nc1ccccc1CNC(=O)Cc1c(F)cccc1Cl. The Morgan fingerprint density at radius 3 is 2.65 bits per heavy atom. The summed E-state index contributed by atoms with van der Waals surface area (Å²) in [5.74, 6) is -0.785. The van der Waals surface area contributed by atoms with Crippen molar-refractivity contribution in [1.29, 1.82) is 0 Å². The summed E-state index contributed by atoms with van der Waals surface area (Å²) in [4.78, 5) is 11.8. The van der Waals surface area contributed by atoms with Crippen molar-refractivity contribution in [3.05, 3.63) is 64.4 Å². The molecule has 3 N–H and O–H groups in total. The van der Waals surface area contributed by atoms with Crippen molar-refractivity contribution >= 4 is 23.2 Å². The topological polar surface area (TPSA) is 55.1 Å². The average molecular weight is 293 g/mol. The number of benzene rings is 2. The summed E-state index contributed by atoms with van der Waals surface area (Å²) in [6.45, 7) is 0.303. The maximum atomic E-state index is 13.6. The van der Waals surface area contributed by atoms with Gasteiger partial charge in [0.2, 0.25) is 5.91 Å². The van der Waals surface area contributed by atoms with Gasteiger partial charge in [0.1, 0.15) is 5.82 Å². The molecule has 0 saturated carbocycles. The lowest BCUT2D eigenvalue weighted by molar-refractivity contribution is -0.120. The van der Waals surface area contributed by atoms with Crippen LogP contribution in [0.15, 0.2) is 42.5 Å². The van der Waals surface area contributed by atoms with Gasteiger partial charge in [-0.1, -0.05) is 35.9 Å². The first kappa shape index (κ1) is 14.3. The molecule has 0 spiro atoms. The van der Waals surface area contributed by atoms with E-state index in [4.69, 9.17) is 17.3 Å². The third kappa shape index (κ3) is 3.48. The third-order valence-corrected chi connectivity index (χ3v) is 3.28. The van der Waals surface area contributed by atoms with E-state index in [0.29, 0.717) is 12.2 Å². The number of nitrogens with one attached hydrogen (secondary N) is 1. The standard InChI is InChI=1S/C15H14ClFN2O/c16-12-5-3-6-13(17)11(12)8-15(20)19-9-10-4-1-2-7-14(10)18/h1-7H,8-9,18H2,(H,19,20). The molecular formula is C15H14ClFN2O. The van der Waals surface area contributed by atoms with E-state index >= 15 is 0 Å². The molecule has 0 bridgehead atoms. The van der Waals surface area contributed by atoms with Gasteiger partial charge >= 0.3 is 0 Å². The summed E-state index contributed by atoms with van der Waals surface area (Å²) in [5, 5.41) is 2.95. The van der Waals surface area contributed by atoms with Crippen LogP contribution in [0.4, 0.5) is 10.1 Å². The van der Waals surface area contributed by atoms with Gasteiger partial charge in [-0.05, 0) is 23.8 Å². The van der Waals surface area contributed by atoms with Crippen LogP contribution in [0.2, 0.25) is 5.02 Å². The van der Waals surface area contributed by atoms with Crippen LogP contribution in [0.1, 0.15) is 11.1 Å². The first-order valence-electron chi connectivity index (χ1n) is 6.11. The number of nitrogen functional groups attached to an aromatic ring is 1. The Bertz CT molecular complexity index is 611. The Hall–Kier alpha value is -2.07. The van der Waals surface area contributed by atoms with Crippen LogP contribution in [-0.2, 0) is 17.8 Å². The minimum Gasteiger partial charge on any atom is -0.398 e. The second-order valence-corrected chi connectivity index (χ2v) is 4.76. The smallest absolute Gasteiger partial charge is 0.224 e. The molecule has 104 valence electrons. The largest absolute Gasteiger partial charge is 0.398 e. The van der Waals surface area contributed by atoms with Gasteiger partial charge in [-0.25, -0.2) is 4.39 Å². The predicted octanol–water partition coefficient (Wildman–Crippen LogP) is 2.92. The summed E-state index contributed by atoms with van der Waals surface area (Å²) in [6.07, 6.45) is -0.0990. The summed E-state index contributed by atoms with van der Waals surface area (Å²) in [7, 11) is 0. The van der Waals surface area contributed by atoms with Gasteiger partial charge in [0.25, 0.3) is 0 Å². The van der Waals surface area contributed by atoms with Crippen LogP contribution in [0, 0.1) is 5.82 Å². The number of carbonyl (C=O) groups excluding carboxylic acids is 1. The fourth-order valence-electron chi connectivity index (χ4n) is 1.81. The van der Waals surface area contributed by atoms with Crippen LogP contribution in [0.5, 0.6) is 0 Å². The number of amides is 1. The highest BCUT2D eigenvalue weighted by atomic mass is 35.5. The van der Waals surface area contributed by atoms with E-state index in [9.17, 15) is 9.18 Å². The van der Waals surface area contributed by atoms with Crippen LogP contribution >= 0.6 is 11.6 Å². The Labute approximate surface area is 121 Å². The fraction of sp³-hybridized carbons (Fsp3) is 0.133. The van der Waals surface area contributed by atoms with E-state index < -0.39 is 5.82 Å². The zero-order chi connectivity index (χ0) is 14.5. The van der Waals surface area contributed by atoms with E-state index in [1.165, 1.54) is 12.1 Å². The molecule has 2 aromatic rings. The van der Waals surface area contributed by atoms with E-state index in [-0.39, 0.29) is 22.9 Å². The van der Waals surface area contributed by atoms with Crippen LogP contribution in [0.3, 0.4) is 0 Å². The number of halogens is 2. The minimum atomic E-state index is -0.480. The molecule has 0 aliphatic rings. The van der Waals surface area contributed by atoms with Crippen LogP contribution in [-0.4, -0.2) is 5.91 Å². The van der Waals surface area contributed by atoms with Gasteiger partial charge in [0, 0.05) is 22.8 Å².